The number of aldehydes is 1. The quantitative estimate of drug-likeness (QED) is 0.248. The molecule has 1 aliphatic rings. The van der Waals surface area contributed by atoms with Crippen LogP contribution in [0.2, 0.25) is 0 Å². The average Bonchev–Trinajstić information content (AvgIpc) is 2.85. The Bertz CT molecular complexity index is 1310. The summed E-state index contributed by atoms with van der Waals surface area (Å²) < 4.78 is 114. The summed E-state index contributed by atoms with van der Waals surface area (Å²) in [5.74, 6) is -14.6. The molecular weight excluding hydrogens is 509 g/mol. The van der Waals surface area contributed by atoms with Crippen molar-refractivity contribution in [2.24, 2.45) is 0 Å². The SMILES string of the molecule is CCOc1ccc(C=O)cc1F.CCOc1ccc2c(c1F)C(F)(F)C(F)(F)c1c-2ccc(OC)c1F. The van der Waals surface area contributed by atoms with Crippen molar-refractivity contribution in [3.05, 3.63) is 76.6 Å². The van der Waals surface area contributed by atoms with E-state index in [0.29, 0.717) is 18.5 Å². The minimum absolute atomic E-state index is 0.0416. The van der Waals surface area contributed by atoms with Crippen LogP contribution >= 0.6 is 0 Å². The standard InChI is InChI=1S/C17H12F6O2.C9H9FO2/c1-3-25-11-7-5-9-8-4-6-10(24-2)14(18)12(8)16(20,21)17(22,23)13(9)15(11)19;1-2-12-9-4-3-7(6-11)5-8(9)10/h4-7H,3H2,1-2H3;3-6H,2H2,1H3. The number of carbonyl (C=O) groups excluding carboxylic acids is 1. The van der Waals surface area contributed by atoms with E-state index in [-0.39, 0.29) is 12.4 Å². The molecule has 0 unspecified atom stereocenters. The van der Waals surface area contributed by atoms with Gasteiger partial charge in [0, 0.05) is 5.56 Å². The number of hydrogen-bond donors (Lipinski definition) is 0. The van der Waals surface area contributed by atoms with Crippen LogP contribution in [0.3, 0.4) is 0 Å². The number of fused-ring (bicyclic) bond motifs is 3. The molecule has 4 rings (SSSR count). The van der Waals surface area contributed by atoms with Crippen molar-refractivity contribution in [1.82, 2.24) is 0 Å². The fraction of sp³-hybridized carbons (Fsp3) is 0.269. The molecule has 0 saturated heterocycles. The van der Waals surface area contributed by atoms with E-state index in [0.717, 1.165) is 37.4 Å². The van der Waals surface area contributed by atoms with Gasteiger partial charge in [-0.15, -0.1) is 0 Å². The smallest absolute Gasteiger partial charge is 0.343 e. The fourth-order valence-electron chi connectivity index (χ4n) is 3.78. The lowest BCUT2D eigenvalue weighted by molar-refractivity contribution is -0.228. The Kier molecular flexibility index (Phi) is 8.04. The van der Waals surface area contributed by atoms with Crippen LogP contribution in [0, 0.1) is 17.5 Å². The summed E-state index contributed by atoms with van der Waals surface area (Å²) in [6, 6.07) is 8.19. The third-order valence-corrected chi connectivity index (χ3v) is 5.44. The molecule has 3 aromatic carbocycles. The van der Waals surface area contributed by atoms with Crippen molar-refractivity contribution in [3.8, 4) is 28.4 Å². The highest BCUT2D eigenvalue weighted by Gasteiger charge is 2.65. The normalized spacial score (nSPS) is 14.4. The molecule has 0 fully saturated rings. The topological polar surface area (TPSA) is 44.8 Å². The molecule has 4 nitrogen and oxygen atoms in total. The molecule has 0 amide bonds. The Morgan fingerprint density at radius 1 is 0.730 bits per heavy atom. The first-order valence-corrected chi connectivity index (χ1v) is 10.9. The molecule has 11 heteroatoms. The van der Waals surface area contributed by atoms with Gasteiger partial charge in [0.25, 0.3) is 0 Å². The Balaban J connectivity index is 0.000000266. The third kappa shape index (κ3) is 4.82. The van der Waals surface area contributed by atoms with Gasteiger partial charge in [0.15, 0.2) is 34.7 Å². The lowest BCUT2D eigenvalue weighted by atomic mass is 9.79. The van der Waals surface area contributed by atoms with Crippen LogP contribution in [0.1, 0.15) is 35.3 Å². The average molecular weight is 530 g/mol. The Morgan fingerprint density at radius 3 is 1.65 bits per heavy atom. The molecule has 0 N–H and O–H groups in total. The molecule has 0 atom stereocenters. The second-order valence-corrected chi connectivity index (χ2v) is 7.63. The minimum atomic E-state index is -4.97. The van der Waals surface area contributed by atoms with Crippen LogP contribution in [0.25, 0.3) is 11.1 Å². The zero-order valence-corrected chi connectivity index (χ0v) is 19.8. The van der Waals surface area contributed by atoms with Crippen LogP contribution in [-0.4, -0.2) is 26.6 Å². The third-order valence-electron chi connectivity index (χ3n) is 5.44. The number of halogens is 7. The van der Waals surface area contributed by atoms with Crippen molar-refractivity contribution < 1.29 is 49.7 Å². The van der Waals surface area contributed by atoms with Gasteiger partial charge in [-0.05, 0) is 67.4 Å². The van der Waals surface area contributed by atoms with Crippen LogP contribution in [-0.2, 0) is 11.8 Å². The summed E-state index contributed by atoms with van der Waals surface area (Å²) in [6.07, 6.45) is 0.596. The molecule has 37 heavy (non-hydrogen) atoms. The van der Waals surface area contributed by atoms with Gasteiger partial charge in [0.05, 0.1) is 31.5 Å². The van der Waals surface area contributed by atoms with E-state index in [1.807, 2.05) is 0 Å². The van der Waals surface area contributed by atoms with Crippen LogP contribution in [0.5, 0.6) is 17.2 Å². The van der Waals surface area contributed by atoms with Crippen molar-refractivity contribution >= 4 is 6.29 Å². The maximum atomic E-state index is 14.5. The summed E-state index contributed by atoms with van der Waals surface area (Å²) in [5.41, 5.74) is -3.76. The van der Waals surface area contributed by atoms with Crippen LogP contribution in [0.4, 0.5) is 30.7 Å². The molecule has 0 aromatic heterocycles. The maximum Gasteiger partial charge on any atom is 0.343 e. The van der Waals surface area contributed by atoms with E-state index < -0.39 is 63.0 Å². The summed E-state index contributed by atoms with van der Waals surface area (Å²) in [4.78, 5) is 10.2. The molecule has 0 spiro atoms. The summed E-state index contributed by atoms with van der Waals surface area (Å²) in [5, 5.41) is 0. The van der Waals surface area contributed by atoms with Crippen molar-refractivity contribution in [1.29, 1.82) is 0 Å². The van der Waals surface area contributed by atoms with Gasteiger partial charge < -0.3 is 14.2 Å². The number of hydrogen-bond acceptors (Lipinski definition) is 4. The number of benzene rings is 3. The van der Waals surface area contributed by atoms with E-state index >= 15 is 0 Å². The molecule has 0 bridgehead atoms. The predicted molar refractivity (Wildman–Crippen MR) is 120 cm³/mol. The molecular formula is C26H21F7O4. The fourth-order valence-corrected chi connectivity index (χ4v) is 3.78. The van der Waals surface area contributed by atoms with E-state index in [2.05, 4.69) is 4.74 Å². The molecule has 198 valence electrons. The number of alkyl halides is 4. The second kappa shape index (κ2) is 10.7. The number of carbonyl (C=O) groups is 1. The van der Waals surface area contributed by atoms with E-state index in [1.54, 1.807) is 6.92 Å². The van der Waals surface area contributed by atoms with Crippen molar-refractivity contribution in [3.63, 3.8) is 0 Å². The highest BCUT2D eigenvalue weighted by molar-refractivity contribution is 5.78. The first-order chi connectivity index (χ1) is 17.5. The van der Waals surface area contributed by atoms with E-state index in [9.17, 15) is 35.5 Å². The number of methoxy groups -OCH3 is 1. The Morgan fingerprint density at radius 2 is 1.19 bits per heavy atom. The highest BCUT2D eigenvalue weighted by atomic mass is 19.3. The second-order valence-electron chi connectivity index (χ2n) is 7.63. The summed E-state index contributed by atoms with van der Waals surface area (Å²) >= 11 is 0. The van der Waals surface area contributed by atoms with Gasteiger partial charge in [-0.25, -0.2) is 13.2 Å². The zero-order chi connectivity index (χ0) is 27.5. The summed E-state index contributed by atoms with van der Waals surface area (Å²) in [7, 11) is 1.02. The van der Waals surface area contributed by atoms with Gasteiger partial charge in [0.2, 0.25) is 0 Å². The van der Waals surface area contributed by atoms with E-state index in [4.69, 9.17) is 9.47 Å². The lowest BCUT2D eigenvalue weighted by Gasteiger charge is -2.35. The molecule has 0 saturated carbocycles. The Hall–Kier alpha value is -3.76. The van der Waals surface area contributed by atoms with E-state index in [1.165, 1.54) is 19.1 Å². The number of rotatable bonds is 6. The van der Waals surface area contributed by atoms with Gasteiger partial charge in [0.1, 0.15) is 6.29 Å². The Labute approximate surface area is 207 Å². The largest absolute Gasteiger partial charge is 0.494 e. The summed E-state index contributed by atoms with van der Waals surface area (Å²) in [6.45, 7) is 3.63. The minimum Gasteiger partial charge on any atom is -0.494 e. The van der Waals surface area contributed by atoms with Gasteiger partial charge in [-0.3, -0.25) is 4.79 Å². The van der Waals surface area contributed by atoms with Gasteiger partial charge >= 0.3 is 11.8 Å². The van der Waals surface area contributed by atoms with Crippen LogP contribution in [0.15, 0.2) is 42.5 Å². The first kappa shape index (κ1) is 27.8. The first-order valence-electron chi connectivity index (χ1n) is 10.9. The molecule has 0 radical (unpaired) electrons. The molecule has 0 heterocycles. The predicted octanol–water partition coefficient (Wildman–Crippen LogP) is 7.27. The zero-order valence-electron chi connectivity index (χ0n) is 19.8. The van der Waals surface area contributed by atoms with Gasteiger partial charge in [-0.1, -0.05) is 0 Å². The van der Waals surface area contributed by atoms with Gasteiger partial charge in [-0.2, -0.15) is 17.6 Å². The molecule has 1 aliphatic carbocycles. The maximum absolute atomic E-state index is 14.5. The molecule has 3 aromatic rings. The highest BCUT2D eigenvalue weighted by Crippen LogP contribution is 2.60. The monoisotopic (exact) mass is 530 g/mol. The van der Waals surface area contributed by atoms with Crippen molar-refractivity contribution in [2.45, 2.75) is 25.7 Å². The van der Waals surface area contributed by atoms with Crippen molar-refractivity contribution in [2.75, 3.05) is 20.3 Å². The molecule has 0 aliphatic heterocycles. The van der Waals surface area contributed by atoms with Crippen LogP contribution < -0.4 is 14.2 Å². The number of ether oxygens (including phenoxy) is 3. The lowest BCUT2D eigenvalue weighted by Crippen LogP contribution is -2.41.